The van der Waals surface area contributed by atoms with Crippen LogP contribution in [0.3, 0.4) is 0 Å². The third-order valence-corrected chi connectivity index (χ3v) is 4.28. The highest BCUT2D eigenvalue weighted by Crippen LogP contribution is 2.16. The van der Waals surface area contributed by atoms with Gasteiger partial charge in [0.15, 0.2) is 5.96 Å². The minimum absolute atomic E-state index is 0. The second-order valence-electron chi connectivity index (χ2n) is 5.93. The summed E-state index contributed by atoms with van der Waals surface area (Å²) in [5.41, 5.74) is 0. The van der Waals surface area contributed by atoms with Gasteiger partial charge in [-0.25, -0.2) is 0 Å². The van der Waals surface area contributed by atoms with E-state index in [2.05, 4.69) is 35.9 Å². The van der Waals surface area contributed by atoms with Gasteiger partial charge < -0.3 is 24.6 Å². The number of methoxy groups -OCH3 is 1. The number of ether oxygens (including phenoxy) is 2. The van der Waals surface area contributed by atoms with Crippen molar-refractivity contribution in [2.45, 2.75) is 27.2 Å². The van der Waals surface area contributed by atoms with Crippen molar-refractivity contribution in [2.24, 2.45) is 10.9 Å². The molecular weight excluding hydrogens is 419 g/mol. The zero-order valence-electron chi connectivity index (χ0n) is 15.9. The molecule has 0 aromatic rings. The lowest BCUT2D eigenvalue weighted by molar-refractivity contribution is 0.0536. The van der Waals surface area contributed by atoms with Gasteiger partial charge in [0.25, 0.3) is 0 Å². The predicted molar refractivity (Wildman–Crippen MR) is 112 cm³/mol. The van der Waals surface area contributed by atoms with Gasteiger partial charge in [0.1, 0.15) is 0 Å². The average molecular weight is 456 g/mol. The normalized spacial score (nSPS) is 18.1. The van der Waals surface area contributed by atoms with E-state index in [1.165, 1.54) is 6.42 Å². The highest BCUT2D eigenvalue weighted by molar-refractivity contribution is 14.0. The molecule has 1 saturated heterocycles. The van der Waals surface area contributed by atoms with E-state index in [4.69, 9.17) is 14.5 Å². The van der Waals surface area contributed by atoms with Crippen LogP contribution in [0, 0.1) is 5.92 Å². The second-order valence-corrected chi connectivity index (χ2v) is 5.93. The maximum absolute atomic E-state index is 5.67. The first-order valence-electron chi connectivity index (χ1n) is 9.07. The van der Waals surface area contributed by atoms with Gasteiger partial charge in [-0.15, -0.1) is 24.0 Å². The Morgan fingerprint density at radius 1 is 1.25 bits per heavy atom. The van der Waals surface area contributed by atoms with E-state index in [1.807, 2.05) is 0 Å². The van der Waals surface area contributed by atoms with Crippen molar-refractivity contribution in [3.05, 3.63) is 0 Å². The van der Waals surface area contributed by atoms with Gasteiger partial charge in [-0.2, -0.15) is 0 Å². The summed E-state index contributed by atoms with van der Waals surface area (Å²) < 4.78 is 10.7. The Bertz CT molecular complexity index is 328. The number of likely N-dealkylation sites (tertiary alicyclic amines) is 1. The van der Waals surface area contributed by atoms with Crippen LogP contribution in [0.4, 0.5) is 0 Å². The first kappa shape index (κ1) is 23.9. The monoisotopic (exact) mass is 456 g/mol. The summed E-state index contributed by atoms with van der Waals surface area (Å²) in [6, 6.07) is 0. The quantitative estimate of drug-likeness (QED) is 0.223. The molecule has 1 N–H and O–H groups in total. The summed E-state index contributed by atoms with van der Waals surface area (Å²) in [5, 5.41) is 3.43. The summed E-state index contributed by atoms with van der Waals surface area (Å²) in [6.45, 7) is 15.8. The molecule has 0 radical (unpaired) electrons. The molecule has 24 heavy (non-hydrogen) atoms. The standard InChI is InChI=1S/C17H36N4O2.HI/c1-5-18-17(19-9-11-20(6-2)7-3)21-10-8-16(14-21)15-23-13-12-22-4;/h16H,5-15H2,1-4H3,(H,18,19);1H. The zero-order valence-corrected chi connectivity index (χ0v) is 18.3. The van der Waals surface area contributed by atoms with Crippen molar-refractivity contribution in [1.82, 2.24) is 15.1 Å². The molecule has 0 aromatic heterocycles. The van der Waals surface area contributed by atoms with Crippen molar-refractivity contribution >= 4 is 29.9 Å². The van der Waals surface area contributed by atoms with Crippen LogP contribution in [0.5, 0.6) is 0 Å². The van der Waals surface area contributed by atoms with Crippen LogP contribution in [0.2, 0.25) is 0 Å². The van der Waals surface area contributed by atoms with Gasteiger partial charge in [0.05, 0.1) is 26.4 Å². The summed E-state index contributed by atoms with van der Waals surface area (Å²) in [7, 11) is 1.71. The summed E-state index contributed by atoms with van der Waals surface area (Å²) in [5.74, 6) is 1.65. The highest BCUT2D eigenvalue weighted by atomic mass is 127. The molecule has 1 rings (SSSR count). The number of nitrogens with zero attached hydrogens (tertiary/aromatic N) is 3. The predicted octanol–water partition coefficient (Wildman–Crippen LogP) is 1.90. The molecule has 0 amide bonds. The Kier molecular flexibility index (Phi) is 15.1. The molecule has 144 valence electrons. The molecule has 0 bridgehead atoms. The molecule has 1 fully saturated rings. The van der Waals surface area contributed by atoms with Crippen molar-refractivity contribution in [3.63, 3.8) is 0 Å². The van der Waals surface area contributed by atoms with Gasteiger partial charge in [-0.3, -0.25) is 4.99 Å². The maximum Gasteiger partial charge on any atom is 0.193 e. The first-order chi connectivity index (χ1) is 11.2. The molecule has 0 spiro atoms. The van der Waals surface area contributed by atoms with E-state index in [9.17, 15) is 0 Å². The van der Waals surface area contributed by atoms with Crippen molar-refractivity contribution in [1.29, 1.82) is 0 Å². The van der Waals surface area contributed by atoms with E-state index in [0.29, 0.717) is 19.1 Å². The molecule has 6 nitrogen and oxygen atoms in total. The Hall–Kier alpha value is -0.120. The van der Waals surface area contributed by atoms with E-state index in [1.54, 1.807) is 7.11 Å². The fraction of sp³-hybridized carbons (Fsp3) is 0.941. The lowest BCUT2D eigenvalue weighted by Gasteiger charge is -2.22. The van der Waals surface area contributed by atoms with Crippen LogP contribution in [-0.4, -0.2) is 88.5 Å². The second kappa shape index (κ2) is 15.2. The van der Waals surface area contributed by atoms with Crippen LogP contribution >= 0.6 is 24.0 Å². The number of hydrogen-bond donors (Lipinski definition) is 1. The number of likely N-dealkylation sites (N-methyl/N-ethyl adjacent to an activating group) is 1. The number of rotatable bonds is 11. The molecule has 0 saturated carbocycles. The van der Waals surface area contributed by atoms with Crippen LogP contribution in [0.15, 0.2) is 4.99 Å². The third kappa shape index (κ3) is 9.39. The molecule has 0 aliphatic carbocycles. The van der Waals surface area contributed by atoms with Crippen LogP contribution in [0.1, 0.15) is 27.2 Å². The van der Waals surface area contributed by atoms with Crippen molar-refractivity contribution in [3.8, 4) is 0 Å². The first-order valence-corrected chi connectivity index (χ1v) is 9.07. The van der Waals surface area contributed by atoms with Gasteiger partial charge >= 0.3 is 0 Å². The van der Waals surface area contributed by atoms with Crippen LogP contribution in [0.25, 0.3) is 0 Å². The van der Waals surface area contributed by atoms with Crippen LogP contribution in [-0.2, 0) is 9.47 Å². The Labute approximate surface area is 165 Å². The minimum Gasteiger partial charge on any atom is -0.382 e. The van der Waals surface area contributed by atoms with Gasteiger partial charge in [0, 0.05) is 39.2 Å². The molecule has 1 aliphatic rings. The van der Waals surface area contributed by atoms with Gasteiger partial charge in [-0.1, -0.05) is 13.8 Å². The third-order valence-electron chi connectivity index (χ3n) is 4.28. The molecule has 0 aromatic carbocycles. The number of nitrogens with one attached hydrogen (secondary N) is 1. The molecule has 1 heterocycles. The minimum atomic E-state index is 0. The number of guanidine groups is 1. The van der Waals surface area contributed by atoms with Gasteiger partial charge in [0.2, 0.25) is 0 Å². The molecule has 1 unspecified atom stereocenters. The average Bonchev–Trinajstić information content (AvgIpc) is 3.03. The fourth-order valence-corrected chi connectivity index (χ4v) is 2.82. The lowest BCUT2D eigenvalue weighted by atomic mass is 10.1. The zero-order chi connectivity index (χ0) is 16.9. The highest BCUT2D eigenvalue weighted by Gasteiger charge is 2.24. The van der Waals surface area contributed by atoms with Crippen LogP contribution < -0.4 is 5.32 Å². The van der Waals surface area contributed by atoms with Crippen molar-refractivity contribution in [2.75, 3.05) is 72.7 Å². The SMILES string of the molecule is CCNC(=NCCN(CC)CC)N1CCC(COCCOC)C1.I. The van der Waals surface area contributed by atoms with Gasteiger partial charge in [-0.05, 0) is 26.4 Å². The van der Waals surface area contributed by atoms with E-state index < -0.39 is 0 Å². The largest absolute Gasteiger partial charge is 0.382 e. The van der Waals surface area contributed by atoms with E-state index >= 15 is 0 Å². The van der Waals surface area contributed by atoms with Crippen molar-refractivity contribution < 1.29 is 9.47 Å². The Morgan fingerprint density at radius 2 is 2.00 bits per heavy atom. The molecule has 1 aliphatic heterocycles. The van der Waals surface area contributed by atoms with E-state index in [0.717, 1.165) is 58.4 Å². The Balaban J connectivity index is 0.00000529. The summed E-state index contributed by atoms with van der Waals surface area (Å²) >= 11 is 0. The maximum atomic E-state index is 5.67. The number of aliphatic imine (C=N–C) groups is 1. The molecular formula is C17H37IN4O2. The summed E-state index contributed by atoms with van der Waals surface area (Å²) in [6.07, 6.45) is 1.17. The smallest absolute Gasteiger partial charge is 0.193 e. The topological polar surface area (TPSA) is 49.3 Å². The fourth-order valence-electron chi connectivity index (χ4n) is 2.82. The lowest BCUT2D eigenvalue weighted by Crippen LogP contribution is -2.41. The van der Waals surface area contributed by atoms with E-state index in [-0.39, 0.29) is 24.0 Å². The number of hydrogen-bond acceptors (Lipinski definition) is 4. The Morgan fingerprint density at radius 3 is 2.62 bits per heavy atom. The molecule has 1 atom stereocenters. The summed E-state index contributed by atoms with van der Waals surface area (Å²) in [4.78, 5) is 9.58. The molecule has 7 heteroatoms. The number of halogens is 1.